The number of nitrogens with one attached hydrogen (secondary N) is 2. The zero-order valence-corrected chi connectivity index (χ0v) is 28.7. The number of benzene rings is 3. The number of rotatable bonds is 12. The summed E-state index contributed by atoms with van der Waals surface area (Å²) in [5.41, 5.74) is -1.56. The Balaban J connectivity index is 1.41. The molecule has 2 amide bonds. The van der Waals surface area contributed by atoms with E-state index < -0.39 is 49.9 Å². The number of sulfonamides is 1. The monoisotopic (exact) mass is 745 g/mol. The summed E-state index contributed by atoms with van der Waals surface area (Å²) in [6.07, 6.45) is -5.33. The molecule has 274 valence electrons. The summed E-state index contributed by atoms with van der Waals surface area (Å²) in [7, 11) is -4.80. The Hall–Kier alpha value is -5.25. The first-order valence-corrected chi connectivity index (χ1v) is 17.7. The molecule has 0 fully saturated rings. The quantitative estimate of drug-likeness (QED) is 0.124. The van der Waals surface area contributed by atoms with E-state index in [1.54, 1.807) is 41.3 Å². The number of fused-ring (bicyclic) bond motifs is 1. The summed E-state index contributed by atoms with van der Waals surface area (Å²) in [6.45, 7) is 4.32. The predicted molar refractivity (Wildman–Crippen MR) is 182 cm³/mol. The minimum absolute atomic E-state index is 0.124. The van der Waals surface area contributed by atoms with Gasteiger partial charge in [0, 0.05) is 24.0 Å². The van der Waals surface area contributed by atoms with Crippen LogP contribution in [0.2, 0.25) is 0 Å². The summed E-state index contributed by atoms with van der Waals surface area (Å²) in [4.78, 5) is 33.9. The summed E-state index contributed by atoms with van der Waals surface area (Å²) in [6, 6.07) is 14.2. The van der Waals surface area contributed by atoms with Crippen LogP contribution < -0.4 is 10.0 Å². The van der Waals surface area contributed by atoms with Gasteiger partial charge in [-0.3, -0.25) is 9.59 Å². The molecule has 2 heterocycles. The first-order chi connectivity index (χ1) is 24.5. The molecule has 2 aromatic heterocycles. The van der Waals surface area contributed by atoms with Crippen molar-refractivity contribution in [1.82, 2.24) is 19.3 Å². The van der Waals surface area contributed by atoms with Gasteiger partial charge in [0.25, 0.3) is 15.9 Å². The van der Waals surface area contributed by atoms with Crippen molar-refractivity contribution in [2.45, 2.75) is 69.7 Å². The standard InChI is InChI=1S/C36H33F6N5O4S/c1-3-5-11-31-45-29-19-27(44-32(48)8-4-2)20-43-33(29)47(31)21-22-12-14-23(15-13-22)28-9-6-7-10-30(28)52(50,51)46-34(49)24-16-25(35(37,38)39)18-26(17-24)36(40,41)42/h6-7,9-10,12-20H,3-5,8,11,21H2,1-2H3,(H,44,48)(H,46,49). The van der Waals surface area contributed by atoms with Crippen molar-refractivity contribution < 1.29 is 44.3 Å². The lowest BCUT2D eigenvalue weighted by Gasteiger charge is -2.15. The van der Waals surface area contributed by atoms with Crippen molar-refractivity contribution in [2.75, 3.05) is 5.32 Å². The van der Waals surface area contributed by atoms with Crippen molar-refractivity contribution in [1.29, 1.82) is 0 Å². The Morgan fingerprint density at radius 1 is 0.846 bits per heavy atom. The van der Waals surface area contributed by atoms with Crippen LogP contribution in [-0.4, -0.2) is 34.8 Å². The topological polar surface area (TPSA) is 123 Å². The predicted octanol–water partition coefficient (Wildman–Crippen LogP) is 8.38. The third kappa shape index (κ3) is 8.78. The van der Waals surface area contributed by atoms with Gasteiger partial charge in [-0.25, -0.2) is 23.1 Å². The Kier molecular flexibility index (Phi) is 11.1. The van der Waals surface area contributed by atoms with Crippen LogP contribution in [0.25, 0.3) is 22.3 Å². The van der Waals surface area contributed by atoms with Gasteiger partial charge in [0.15, 0.2) is 5.65 Å². The number of hydrogen-bond acceptors (Lipinski definition) is 6. The van der Waals surface area contributed by atoms with Crippen molar-refractivity contribution in [3.05, 3.63) is 107 Å². The van der Waals surface area contributed by atoms with Gasteiger partial charge in [-0.05, 0) is 54.3 Å². The molecule has 5 rings (SSSR count). The van der Waals surface area contributed by atoms with Gasteiger partial charge in [0.1, 0.15) is 11.3 Å². The highest BCUT2D eigenvalue weighted by Gasteiger charge is 2.38. The van der Waals surface area contributed by atoms with Gasteiger partial charge in [0.05, 0.1) is 34.5 Å². The second kappa shape index (κ2) is 15.2. The SMILES string of the molecule is CCCCc1nc2cc(NC(=O)CCC)cnc2n1Cc1ccc(-c2ccccc2S(=O)(=O)NC(=O)c2cc(C(F)(F)F)cc(C(F)(F)F)c2)cc1. The molecule has 5 aromatic rings. The van der Waals surface area contributed by atoms with E-state index in [-0.39, 0.29) is 29.7 Å². The smallest absolute Gasteiger partial charge is 0.325 e. The molecule has 0 aliphatic heterocycles. The largest absolute Gasteiger partial charge is 0.416 e. The van der Waals surface area contributed by atoms with Crippen LogP contribution >= 0.6 is 0 Å². The molecule has 9 nitrogen and oxygen atoms in total. The highest BCUT2D eigenvalue weighted by atomic mass is 32.2. The summed E-state index contributed by atoms with van der Waals surface area (Å²) in [5, 5.41) is 2.83. The Morgan fingerprint density at radius 3 is 2.12 bits per heavy atom. The molecule has 16 heteroatoms. The number of anilines is 1. The number of pyridine rings is 1. The van der Waals surface area contributed by atoms with Gasteiger partial charge in [-0.15, -0.1) is 0 Å². The second-order valence-electron chi connectivity index (χ2n) is 12.0. The zero-order valence-electron chi connectivity index (χ0n) is 27.9. The Labute approximate surface area is 295 Å². The highest BCUT2D eigenvalue weighted by molar-refractivity contribution is 7.90. The lowest BCUT2D eigenvalue weighted by Crippen LogP contribution is -2.31. The van der Waals surface area contributed by atoms with Crippen LogP contribution in [0.4, 0.5) is 32.0 Å². The minimum Gasteiger partial charge on any atom is -0.325 e. The summed E-state index contributed by atoms with van der Waals surface area (Å²) in [5.74, 6) is -1.00. The molecule has 52 heavy (non-hydrogen) atoms. The van der Waals surface area contributed by atoms with Crippen LogP contribution in [0.1, 0.15) is 72.4 Å². The van der Waals surface area contributed by atoms with E-state index in [9.17, 15) is 44.3 Å². The van der Waals surface area contributed by atoms with E-state index in [0.29, 0.717) is 48.2 Å². The number of unbranched alkanes of at least 4 members (excludes halogenated alkanes) is 1. The molecular weight excluding hydrogens is 712 g/mol. The maximum absolute atomic E-state index is 13.4. The molecule has 2 N–H and O–H groups in total. The maximum atomic E-state index is 13.4. The summed E-state index contributed by atoms with van der Waals surface area (Å²) < 4.78 is 110. The van der Waals surface area contributed by atoms with E-state index in [1.165, 1.54) is 18.2 Å². The molecule has 0 aliphatic carbocycles. The number of nitrogens with zero attached hydrogens (tertiary/aromatic N) is 3. The van der Waals surface area contributed by atoms with Crippen molar-refractivity contribution in [3.63, 3.8) is 0 Å². The fraction of sp³-hybridized carbons (Fsp3) is 0.278. The fourth-order valence-corrected chi connectivity index (χ4v) is 6.71. The van der Waals surface area contributed by atoms with Crippen LogP contribution in [-0.2, 0) is 40.1 Å². The molecule has 0 saturated carbocycles. The molecule has 0 atom stereocenters. The van der Waals surface area contributed by atoms with Crippen molar-refractivity contribution in [2.24, 2.45) is 0 Å². The first-order valence-electron chi connectivity index (χ1n) is 16.2. The van der Waals surface area contributed by atoms with Crippen LogP contribution in [0.15, 0.2) is 83.9 Å². The van der Waals surface area contributed by atoms with E-state index >= 15 is 0 Å². The lowest BCUT2D eigenvalue weighted by atomic mass is 10.0. The number of aryl methyl sites for hydroxylation is 1. The summed E-state index contributed by atoms with van der Waals surface area (Å²) >= 11 is 0. The van der Waals surface area contributed by atoms with E-state index in [2.05, 4.69) is 17.2 Å². The van der Waals surface area contributed by atoms with E-state index in [1.807, 2.05) is 11.5 Å². The number of alkyl halides is 6. The van der Waals surface area contributed by atoms with Gasteiger partial charge in [-0.2, -0.15) is 26.3 Å². The number of halogens is 6. The second-order valence-corrected chi connectivity index (χ2v) is 13.7. The minimum atomic E-state index is -5.23. The molecule has 0 aliphatic rings. The molecule has 0 saturated heterocycles. The van der Waals surface area contributed by atoms with Gasteiger partial charge < -0.3 is 9.88 Å². The van der Waals surface area contributed by atoms with E-state index in [0.717, 1.165) is 30.3 Å². The van der Waals surface area contributed by atoms with Crippen molar-refractivity contribution >= 4 is 38.7 Å². The van der Waals surface area contributed by atoms with Crippen LogP contribution in [0.5, 0.6) is 0 Å². The number of carbonyl (C=O) groups excluding carboxylic acids is 2. The first kappa shape index (κ1) is 38.0. The van der Waals surface area contributed by atoms with Crippen LogP contribution in [0.3, 0.4) is 0 Å². The molecular formula is C36H33F6N5O4S. The van der Waals surface area contributed by atoms with E-state index in [4.69, 9.17) is 4.98 Å². The fourth-order valence-electron chi connectivity index (χ4n) is 5.50. The van der Waals surface area contributed by atoms with Crippen molar-refractivity contribution in [3.8, 4) is 11.1 Å². The normalized spacial score (nSPS) is 12.2. The van der Waals surface area contributed by atoms with Crippen LogP contribution in [0, 0.1) is 0 Å². The van der Waals surface area contributed by atoms with Gasteiger partial charge in [-0.1, -0.05) is 62.7 Å². The maximum Gasteiger partial charge on any atom is 0.416 e. The van der Waals surface area contributed by atoms with Gasteiger partial charge in [0.2, 0.25) is 5.91 Å². The number of amides is 2. The average Bonchev–Trinajstić information content (AvgIpc) is 3.42. The highest BCUT2D eigenvalue weighted by Crippen LogP contribution is 2.37. The molecule has 3 aromatic carbocycles. The number of imidazole rings is 1. The lowest BCUT2D eigenvalue weighted by molar-refractivity contribution is -0.143. The molecule has 0 unspecified atom stereocenters. The Morgan fingerprint density at radius 2 is 1.50 bits per heavy atom. The average molecular weight is 746 g/mol. The molecule has 0 bridgehead atoms. The third-order valence-corrected chi connectivity index (χ3v) is 9.43. The Bertz CT molecular complexity index is 2180. The number of hydrogen-bond donors (Lipinski definition) is 2. The van der Waals surface area contributed by atoms with Gasteiger partial charge >= 0.3 is 12.4 Å². The number of aromatic nitrogens is 3. The molecule has 0 radical (unpaired) electrons. The number of carbonyl (C=O) groups is 2. The third-order valence-electron chi connectivity index (χ3n) is 8.04. The zero-order chi connectivity index (χ0) is 37.8. The molecule has 0 spiro atoms.